The van der Waals surface area contributed by atoms with E-state index in [0.717, 1.165) is 26.1 Å². The zero-order chi connectivity index (χ0) is 22.5. The Labute approximate surface area is 185 Å². The molecule has 0 bridgehead atoms. The number of rotatable bonds is 8. The molecule has 9 heteroatoms. The minimum Gasteiger partial charge on any atom is -0.508 e. The van der Waals surface area contributed by atoms with Gasteiger partial charge in [-0.25, -0.2) is 14.4 Å². The summed E-state index contributed by atoms with van der Waals surface area (Å²) in [4.78, 5) is 8.58. The molecule has 170 valence electrons. The molecular weight excluding hydrogens is 415 g/mol. The van der Waals surface area contributed by atoms with Gasteiger partial charge in [-0.3, -0.25) is 0 Å². The highest BCUT2D eigenvalue weighted by molar-refractivity contribution is 5.93. The third-order valence-corrected chi connectivity index (χ3v) is 5.56. The number of aromatic nitrogens is 2. The van der Waals surface area contributed by atoms with Gasteiger partial charge in [0.1, 0.15) is 30.3 Å². The standard InChI is InChI=1S/C23H27FN4O4/c1-14-19(29)4-3-17(24)22(14)28-23-16-11-20(30-2)21(12-18(16)26-13-27-23)32-10-7-25-15-5-8-31-9-6-15/h3-4,11-13,15,25,29H,5-10H2,1-2H3,(H,26,27,28). The van der Waals surface area contributed by atoms with Crippen molar-refractivity contribution in [2.24, 2.45) is 0 Å². The SMILES string of the molecule is COc1cc2c(Nc3c(F)ccc(O)c3C)ncnc2cc1OCCNC1CCOCC1. The molecule has 3 aromatic rings. The summed E-state index contributed by atoms with van der Waals surface area (Å²) >= 11 is 0. The fraction of sp³-hybridized carbons (Fsp3) is 0.391. The second-order valence-electron chi connectivity index (χ2n) is 7.62. The molecule has 1 fully saturated rings. The van der Waals surface area contributed by atoms with Gasteiger partial charge in [0.2, 0.25) is 0 Å². The molecule has 0 aliphatic carbocycles. The smallest absolute Gasteiger partial charge is 0.163 e. The lowest BCUT2D eigenvalue weighted by Crippen LogP contribution is -2.37. The molecule has 3 N–H and O–H groups in total. The molecule has 2 heterocycles. The van der Waals surface area contributed by atoms with Crippen LogP contribution in [0.15, 0.2) is 30.6 Å². The molecule has 2 aromatic carbocycles. The molecule has 32 heavy (non-hydrogen) atoms. The van der Waals surface area contributed by atoms with Crippen LogP contribution in [0.3, 0.4) is 0 Å². The van der Waals surface area contributed by atoms with Crippen LogP contribution in [-0.2, 0) is 4.74 Å². The quantitative estimate of drug-likeness (QED) is 0.455. The van der Waals surface area contributed by atoms with Crippen LogP contribution in [0.4, 0.5) is 15.9 Å². The van der Waals surface area contributed by atoms with Crippen molar-refractivity contribution in [3.63, 3.8) is 0 Å². The monoisotopic (exact) mass is 442 g/mol. The van der Waals surface area contributed by atoms with E-state index in [-0.39, 0.29) is 11.4 Å². The largest absolute Gasteiger partial charge is 0.508 e. The van der Waals surface area contributed by atoms with E-state index < -0.39 is 5.82 Å². The van der Waals surface area contributed by atoms with Gasteiger partial charge < -0.3 is 30.0 Å². The first-order valence-corrected chi connectivity index (χ1v) is 10.6. The molecule has 4 rings (SSSR count). The van der Waals surface area contributed by atoms with Gasteiger partial charge in [-0.2, -0.15) is 0 Å². The van der Waals surface area contributed by atoms with Gasteiger partial charge in [0.15, 0.2) is 11.5 Å². The van der Waals surface area contributed by atoms with Gasteiger partial charge in [-0.15, -0.1) is 0 Å². The molecular formula is C23H27FN4O4. The number of ether oxygens (including phenoxy) is 3. The summed E-state index contributed by atoms with van der Waals surface area (Å²) in [6.45, 7) is 4.39. The van der Waals surface area contributed by atoms with Gasteiger partial charge >= 0.3 is 0 Å². The maximum Gasteiger partial charge on any atom is 0.163 e. The highest BCUT2D eigenvalue weighted by Crippen LogP contribution is 2.36. The third-order valence-electron chi connectivity index (χ3n) is 5.56. The van der Waals surface area contributed by atoms with E-state index in [0.29, 0.717) is 53.0 Å². The molecule has 0 atom stereocenters. The molecule has 1 aliphatic rings. The zero-order valence-electron chi connectivity index (χ0n) is 18.2. The number of phenolic OH excluding ortho intramolecular Hbond substituents is 1. The zero-order valence-corrected chi connectivity index (χ0v) is 18.2. The highest BCUT2D eigenvalue weighted by Gasteiger charge is 2.16. The van der Waals surface area contributed by atoms with Crippen molar-refractivity contribution in [1.29, 1.82) is 0 Å². The predicted octanol–water partition coefficient (Wildman–Crippen LogP) is 3.68. The van der Waals surface area contributed by atoms with Crippen molar-refractivity contribution in [2.75, 3.05) is 38.8 Å². The normalized spacial score (nSPS) is 14.5. The Hall–Kier alpha value is -3.17. The Kier molecular flexibility index (Phi) is 6.87. The number of methoxy groups -OCH3 is 1. The van der Waals surface area contributed by atoms with Crippen molar-refractivity contribution in [1.82, 2.24) is 15.3 Å². The molecule has 0 saturated carbocycles. The van der Waals surface area contributed by atoms with Gasteiger partial charge in [-0.05, 0) is 38.0 Å². The second kappa shape index (κ2) is 9.97. The summed E-state index contributed by atoms with van der Waals surface area (Å²) in [7, 11) is 1.56. The van der Waals surface area contributed by atoms with Crippen molar-refractivity contribution >= 4 is 22.4 Å². The first-order valence-electron chi connectivity index (χ1n) is 10.6. The van der Waals surface area contributed by atoms with E-state index in [1.807, 2.05) is 0 Å². The molecule has 8 nitrogen and oxygen atoms in total. The Balaban J connectivity index is 1.53. The van der Waals surface area contributed by atoms with Crippen molar-refractivity contribution in [2.45, 2.75) is 25.8 Å². The van der Waals surface area contributed by atoms with Crippen LogP contribution in [0.2, 0.25) is 0 Å². The number of halogens is 1. The lowest BCUT2D eigenvalue weighted by atomic mass is 10.1. The molecule has 0 unspecified atom stereocenters. The number of anilines is 2. The Morgan fingerprint density at radius 2 is 2.00 bits per heavy atom. The summed E-state index contributed by atoms with van der Waals surface area (Å²) in [5.41, 5.74) is 1.16. The van der Waals surface area contributed by atoms with E-state index in [2.05, 4.69) is 20.6 Å². The summed E-state index contributed by atoms with van der Waals surface area (Å²) < 4.78 is 31.2. The predicted molar refractivity (Wildman–Crippen MR) is 120 cm³/mol. The summed E-state index contributed by atoms with van der Waals surface area (Å²) in [5.74, 6) is 0.993. The molecule has 1 aromatic heterocycles. The summed E-state index contributed by atoms with van der Waals surface area (Å²) in [5, 5.41) is 17.0. The van der Waals surface area contributed by atoms with E-state index in [1.165, 1.54) is 18.5 Å². The van der Waals surface area contributed by atoms with E-state index in [4.69, 9.17) is 14.2 Å². The first-order chi connectivity index (χ1) is 15.6. The van der Waals surface area contributed by atoms with Crippen LogP contribution in [0.25, 0.3) is 10.9 Å². The Bertz CT molecular complexity index is 1090. The van der Waals surface area contributed by atoms with Gasteiger partial charge in [-0.1, -0.05) is 0 Å². The number of aromatic hydroxyl groups is 1. The average molecular weight is 442 g/mol. The van der Waals surface area contributed by atoms with Crippen molar-refractivity contribution in [3.8, 4) is 17.2 Å². The van der Waals surface area contributed by atoms with Crippen LogP contribution < -0.4 is 20.1 Å². The number of phenols is 1. The average Bonchev–Trinajstić information content (AvgIpc) is 2.82. The van der Waals surface area contributed by atoms with Crippen molar-refractivity contribution < 1.29 is 23.7 Å². The highest BCUT2D eigenvalue weighted by atomic mass is 19.1. The number of fused-ring (bicyclic) bond motifs is 1. The van der Waals surface area contributed by atoms with E-state index in [9.17, 15) is 9.50 Å². The number of hydrogen-bond donors (Lipinski definition) is 3. The van der Waals surface area contributed by atoms with Gasteiger partial charge in [0.25, 0.3) is 0 Å². The maximum absolute atomic E-state index is 14.4. The fourth-order valence-electron chi connectivity index (χ4n) is 3.70. The van der Waals surface area contributed by atoms with Gasteiger partial charge in [0.05, 0.1) is 18.3 Å². The summed E-state index contributed by atoms with van der Waals surface area (Å²) in [6.07, 6.45) is 3.40. The molecule has 0 radical (unpaired) electrons. The fourth-order valence-corrected chi connectivity index (χ4v) is 3.70. The molecule has 1 saturated heterocycles. The number of nitrogens with zero attached hydrogens (tertiary/aromatic N) is 2. The number of nitrogens with one attached hydrogen (secondary N) is 2. The lowest BCUT2D eigenvalue weighted by molar-refractivity contribution is 0.0770. The summed E-state index contributed by atoms with van der Waals surface area (Å²) in [6, 6.07) is 6.51. The van der Waals surface area contributed by atoms with Gasteiger partial charge in [0, 0.05) is 42.8 Å². The number of hydrogen-bond acceptors (Lipinski definition) is 8. The minimum atomic E-state index is -0.490. The Morgan fingerprint density at radius 3 is 2.78 bits per heavy atom. The maximum atomic E-state index is 14.4. The lowest BCUT2D eigenvalue weighted by Gasteiger charge is -2.23. The molecule has 0 spiro atoms. The number of benzene rings is 2. The minimum absolute atomic E-state index is 0.00473. The van der Waals surface area contributed by atoms with Crippen LogP contribution in [0, 0.1) is 12.7 Å². The molecule has 1 aliphatic heterocycles. The van der Waals surface area contributed by atoms with Crippen LogP contribution in [0.5, 0.6) is 17.2 Å². The van der Waals surface area contributed by atoms with E-state index >= 15 is 0 Å². The third kappa shape index (κ3) is 4.84. The molecule has 0 amide bonds. The van der Waals surface area contributed by atoms with Crippen LogP contribution in [-0.4, -0.2) is 54.6 Å². The van der Waals surface area contributed by atoms with E-state index in [1.54, 1.807) is 26.2 Å². The van der Waals surface area contributed by atoms with Crippen LogP contribution >= 0.6 is 0 Å². The second-order valence-corrected chi connectivity index (χ2v) is 7.62. The van der Waals surface area contributed by atoms with Crippen molar-refractivity contribution in [3.05, 3.63) is 42.0 Å². The first kappa shape index (κ1) is 22.0. The topological polar surface area (TPSA) is 97.8 Å². The van der Waals surface area contributed by atoms with Crippen LogP contribution in [0.1, 0.15) is 18.4 Å². The Morgan fingerprint density at radius 1 is 1.19 bits per heavy atom.